The number of rotatable bonds is 5. The van der Waals surface area contributed by atoms with Gasteiger partial charge in [0.25, 0.3) is 0 Å². The van der Waals surface area contributed by atoms with Gasteiger partial charge in [0.05, 0.1) is 17.9 Å². The summed E-state index contributed by atoms with van der Waals surface area (Å²) < 4.78 is 31.7. The molecule has 116 valence electrons. The molecule has 1 fully saturated rings. The monoisotopic (exact) mass is 313 g/mol. The number of carbonyl (C=O) groups is 1. The first-order valence-corrected chi connectivity index (χ1v) is 8.24. The number of benzene rings is 1. The summed E-state index contributed by atoms with van der Waals surface area (Å²) in [7, 11) is -2.17. The molecule has 0 radical (unpaired) electrons. The van der Waals surface area contributed by atoms with E-state index in [2.05, 4.69) is 0 Å². The number of aliphatic carboxylic acids is 1. The van der Waals surface area contributed by atoms with Gasteiger partial charge in [0, 0.05) is 12.6 Å². The molecule has 0 aromatic heterocycles. The van der Waals surface area contributed by atoms with Crippen molar-refractivity contribution in [3.05, 3.63) is 24.3 Å². The van der Waals surface area contributed by atoms with Crippen LogP contribution in [-0.2, 0) is 14.8 Å². The lowest BCUT2D eigenvalue weighted by Crippen LogP contribution is -2.39. The fourth-order valence-electron chi connectivity index (χ4n) is 2.78. The van der Waals surface area contributed by atoms with E-state index in [4.69, 9.17) is 4.74 Å². The van der Waals surface area contributed by atoms with Gasteiger partial charge in [-0.05, 0) is 37.1 Å². The standard InChI is InChI=1S/C14H19NO5S/c1-3-13-12(14(16)17)8-9-15(13)21(18,19)11-6-4-10(20-2)5-7-11/h4-7,12-13H,3,8-9H2,1-2H3,(H,16,17). The van der Waals surface area contributed by atoms with Crippen LogP contribution in [-0.4, -0.2) is 43.5 Å². The number of ether oxygens (including phenoxy) is 1. The molecule has 2 atom stereocenters. The summed E-state index contributed by atoms with van der Waals surface area (Å²) in [4.78, 5) is 11.4. The van der Waals surface area contributed by atoms with Crippen LogP contribution in [0.15, 0.2) is 29.2 Å². The molecule has 2 unspecified atom stereocenters. The molecule has 1 aliphatic heterocycles. The van der Waals surface area contributed by atoms with Crippen LogP contribution in [0.2, 0.25) is 0 Å². The van der Waals surface area contributed by atoms with E-state index in [0.29, 0.717) is 18.6 Å². The molecule has 0 saturated carbocycles. The smallest absolute Gasteiger partial charge is 0.308 e. The van der Waals surface area contributed by atoms with Crippen molar-refractivity contribution in [3.8, 4) is 5.75 Å². The highest BCUT2D eigenvalue weighted by atomic mass is 32.2. The first kappa shape index (κ1) is 15.8. The van der Waals surface area contributed by atoms with Crippen molar-refractivity contribution in [2.24, 2.45) is 5.92 Å². The van der Waals surface area contributed by atoms with E-state index < -0.39 is 28.0 Å². The fraction of sp³-hybridized carbons (Fsp3) is 0.500. The lowest BCUT2D eigenvalue weighted by Gasteiger charge is -2.25. The Balaban J connectivity index is 2.32. The van der Waals surface area contributed by atoms with Crippen LogP contribution in [0.25, 0.3) is 0 Å². The summed E-state index contributed by atoms with van der Waals surface area (Å²) in [6.45, 7) is 2.05. The third-order valence-corrected chi connectivity index (χ3v) is 5.84. The first-order valence-electron chi connectivity index (χ1n) is 6.80. The SMILES string of the molecule is CCC1C(C(=O)O)CCN1S(=O)(=O)c1ccc(OC)cc1. The predicted octanol–water partition coefficient (Wildman–Crippen LogP) is 1.57. The van der Waals surface area contributed by atoms with Crippen molar-refractivity contribution in [3.63, 3.8) is 0 Å². The highest BCUT2D eigenvalue weighted by molar-refractivity contribution is 7.89. The topological polar surface area (TPSA) is 83.9 Å². The average Bonchev–Trinajstić information content (AvgIpc) is 2.92. The second-order valence-corrected chi connectivity index (χ2v) is 6.89. The fourth-order valence-corrected chi connectivity index (χ4v) is 4.53. The number of carboxylic acid groups (broad SMARTS) is 1. The number of carboxylic acids is 1. The minimum atomic E-state index is -3.68. The highest BCUT2D eigenvalue weighted by Crippen LogP contribution is 2.32. The van der Waals surface area contributed by atoms with Crippen molar-refractivity contribution < 1.29 is 23.1 Å². The van der Waals surface area contributed by atoms with Gasteiger partial charge in [-0.2, -0.15) is 4.31 Å². The Morgan fingerprint density at radius 3 is 2.48 bits per heavy atom. The molecule has 7 heteroatoms. The lowest BCUT2D eigenvalue weighted by atomic mass is 9.99. The van der Waals surface area contributed by atoms with Gasteiger partial charge in [-0.25, -0.2) is 8.42 Å². The zero-order valence-electron chi connectivity index (χ0n) is 12.0. The Bertz CT molecular complexity index is 611. The molecule has 0 spiro atoms. The molecule has 1 saturated heterocycles. The van der Waals surface area contributed by atoms with Gasteiger partial charge < -0.3 is 9.84 Å². The Morgan fingerprint density at radius 1 is 1.38 bits per heavy atom. The summed E-state index contributed by atoms with van der Waals surface area (Å²) in [5.74, 6) is -0.997. The van der Waals surface area contributed by atoms with E-state index in [1.54, 1.807) is 12.1 Å². The van der Waals surface area contributed by atoms with Crippen molar-refractivity contribution in [1.82, 2.24) is 4.31 Å². The van der Waals surface area contributed by atoms with Crippen molar-refractivity contribution in [1.29, 1.82) is 0 Å². The molecule has 0 amide bonds. The predicted molar refractivity (Wildman–Crippen MR) is 76.7 cm³/mol. The third kappa shape index (κ3) is 2.89. The van der Waals surface area contributed by atoms with Gasteiger partial charge in [0.15, 0.2) is 0 Å². The van der Waals surface area contributed by atoms with Gasteiger partial charge >= 0.3 is 5.97 Å². The maximum Gasteiger partial charge on any atom is 0.308 e. The Hall–Kier alpha value is -1.60. The molecule has 1 aromatic rings. The van der Waals surface area contributed by atoms with Gasteiger partial charge in [-0.3, -0.25) is 4.79 Å². The second kappa shape index (κ2) is 6.03. The number of hydrogen-bond donors (Lipinski definition) is 1. The molecular weight excluding hydrogens is 294 g/mol. The highest BCUT2D eigenvalue weighted by Gasteiger charge is 2.43. The van der Waals surface area contributed by atoms with E-state index in [9.17, 15) is 18.3 Å². The first-order chi connectivity index (χ1) is 9.91. The van der Waals surface area contributed by atoms with E-state index in [0.717, 1.165) is 0 Å². The second-order valence-electron chi connectivity index (χ2n) is 5.00. The molecule has 1 aromatic carbocycles. The van der Waals surface area contributed by atoms with Crippen LogP contribution in [0.5, 0.6) is 5.75 Å². The number of nitrogens with zero attached hydrogens (tertiary/aromatic N) is 1. The van der Waals surface area contributed by atoms with Crippen LogP contribution >= 0.6 is 0 Å². The normalized spacial score (nSPS) is 23.1. The van der Waals surface area contributed by atoms with Crippen molar-refractivity contribution in [2.45, 2.75) is 30.7 Å². The summed E-state index contributed by atoms with van der Waals surface area (Å²) in [6, 6.07) is 5.64. The van der Waals surface area contributed by atoms with Crippen LogP contribution in [0.1, 0.15) is 19.8 Å². The number of sulfonamides is 1. The van der Waals surface area contributed by atoms with Crippen molar-refractivity contribution >= 4 is 16.0 Å². The van der Waals surface area contributed by atoms with Gasteiger partial charge in [-0.15, -0.1) is 0 Å². The molecule has 1 heterocycles. The van der Waals surface area contributed by atoms with Crippen molar-refractivity contribution in [2.75, 3.05) is 13.7 Å². The average molecular weight is 313 g/mol. The van der Waals surface area contributed by atoms with E-state index in [1.807, 2.05) is 6.92 Å². The number of hydrogen-bond acceptors (Lipinski definition) is 4. The molecule has 2 rings (SSSR count). The summed E-state index contributed by atoms with van der Waals surface area (Å²) >= 11 is 0. The zero-order valence-corrected chi connectivity index (χ0v) is 12.8. The molecule has 0 aliphatic carbocycles. The van der Waals surface area contributed by atoms with Crippen LogP contribution in [0, 0.1) is 5.92 Å². The minimum absolute atomic E-state index is 0.160. The maximum absolute atomic E-state index is 12.7. The zero-order chi connectivity index (χ0) is 15.6. The molecular formula is C14H19NO5S. The summed E-state index contributed by atoms with van der Waals surface area (Å²) in [5.41, 5.74) is 0. The lowest BCUT2D eigenvalue weighted by molar-refractivity contribution is -0.142. The van der Waals surface area contributed by atoms with Crippen LogP contribution < -0.4 is 4.74 Å². The van der Waals surface area contributed by atoms with Crippen LogP contribution in [0.3, 0.4) is 0 Å². The van der Waals surface area contributed by atoms with E-state index in [-0.39, 0.29) is 11.4 Å². The molecule has 0 bridgehead atoms. The van der Waals surface area contributed by atoms with Gasteiger partial charge in [0.2, 0.25) is 10.0 Å². The quantitative estimate of drug-likeness (QED) is 0.892. The summed E-state index contributed by atoms with van der Waals surface area (Å²) in [5, 5.41) is 9.20. The largest absolute Gasteiger partial charge is 0.497 e. The Kier molecular flexibility index (Phi) is 4.53. The minimum Gasteiger partial charge on any atom is -0.497 e. The van der Waals surface area contributed by atoms with Gasteiger partial charge in [0.1, 0.15) is 5.75 Å². The number of methoxy groups -OCH3 is 1. The Morgan fingerprint density at radius 2 is 2.00 bits per heavy atom. The molecule has 1 N–H and O–H groups in total. The Labute approximate surface area is 124 Å². The maximum atomic E-state index is 12.7. The van der Waals surface area contributed by atoms with E-state index >= 15 is 0 Å². The molecule has 6 nitrogen and oxygen atoms in total. The third-order valence-electron chi connectivity index (χ3n) is 3.90. The summed E-state index contributed by atoms with van der Waals surface area (Å²) in [6.07, 6.45) is 0.829. The van der Waals surface area contributed by atoms with Crippen LogP contribution in [0.4, 0.5) is 0 Å². The molecule has 21 heavy (non-hydrogen) atoms. The van der Waals surface area contributed by atoms with Gasteiger partial charge in [-0.1, -0.05) is 6.92 Å². The molecule has 1 aliphatic rings. The van der Waals surface area contributed by atoms with E-state index in [1.165, 1.54) is 23.5 Å².